The van der Waals surface area contributed by atoms with Crippen molar-refractivity contribution in [1.29, 1.82) is 0 Å². The Hall–Kier alpha value is -2.46. The van der Waals surface area contributed by atoms with Gasteiger partial charge in [-0.05, 0) is 25.1 Å². The Balaban J connectivity index is 2.02. The Bertz CT molecular complexity index is 787. The summed E-state index contributed by atoms with van der Waals surface area (Å²) in [5.74, 6) is -0.0492. The predicted octanol–water partition coefficient (Wildman–Crippen LogP) is 4.22. The maximum Gasteiger partial charge on any atom is 0.168 e. The Labute approximate surface area is 121 Å². The number of aliphatic hydroxyl groups excluding tert-OH is 1. The molecule has 0 fully saturated rings. The second-order valence-electron chi connectivity index (χ2n) is 4.80. The smallest absolute Gasteiger partial charge is 0.168 e. The molecule has 1 heterocycles. The molecule has 21 heavy (non-hydrogen) atoms. The van der Waals surface area contributed by atoms with E-state index in [1.807, 2.05) is 24.3 Å². The average molecular weight is 283 g/mol. The molecule has 1 N–H and O–H groups in total. The molecule has 4 heteroatoms. The van der Waals surface area contributed by atoms with E-state index in [0.29, 0.717) is 11.3 Å². The second-order valence-corrected chi connectivity index (χ2v) is 4.80. The molecule has 0 aliphatic carbocycles. The molecule has 0 bridgehead atoms. The van der Waals surface area contributed by atoms with Crippen molar-refractivity contribution in [2.24, 2.45) is 0 Å². The zero-order chi connectivity index (χ0) is 14.8. The first-order valence-electron chi connectivity index (χ1n) is 6.64. The molecule has 0 spiro atoms. The van der Waals surface area contributed by atoms with E-state index in [0.717, 1.165) is 10.9 Å². The van der Waals surface area contributed by atoms with Gasteiger partial charge in [0, 0.05) is 10.9 Å². The van der Waals surface area contributed by atoms with Gasteiger partial charge >= 0.3 is 0 Å². The number of rotatable bonds is 3. The van der Waals surface area contributed by atoms with Gasteiger partial charge in [-0.3, -0.25) is 4.98 Å². The molecule has 0 aliphatic heterocycles. The lowest BCUT2D eigenvalue weighted by molar-refractivity contribution is 0.194. The summed E-state index contributed by atoms with van der Waals surface area (Å²) >= 11 is 0. The highest BCUT2D eigenvalue weighted by Crippen LogP contribution is 2.32. The van der Waals surface area contributed by atoms with Gasteiger partial charge in [0.1, 0.15) is 5.75 Å². The Kier molecular flexibility index (Phi) is 3.54. The van der Waals surface area contributed by atoms with Gasteiger partial charge in [-0.1, -0.05) is 30.3 Å². The summed E-state index contributed by atoms with van der Waals surface area (Å²) in [4.78, 5) is 4.27. The molecule has 1 aromatic heterocycles. The number of benzene rings is 2. The van der Waals surface area contributed by atoms with E-state index < -0.39 is 11.9 Å². The van der Waals surface area contributed by atoms with E-state index in [2.05, 4.69) is 4.98 Å². The molecule has 3 aromatic rings. The van der Waals surface area contributed by atoms with Crippen molar-refractivity contribution < 1.29 is 14.2 Å². The number of aliphatic hydroxyl groups is 1. The summed E-state index contributed by atoms with van der Waals surface area (Å²) in [5.41, 5.74) is 1.25. The molecule has 3 rings (SSSR count). The van der Waals surface area contributed by atoms with Crippen LogP contribution in [0.2, 0.25) is 0 Å². The monoisotopic (exact) mass is 283 g/mol. The SMILES string of the molecule is C[C@H](O)c1cccc(F)c1Oc1cnc2ccccc2c1. The molecule has 3 nitrogen and oxygen atoms in total. The first-order chi connectivity index (χ1) is 10.1. The summed E-state index contributed by atoms with van der Waals surface area (Å²) in [7, 11) is 0. The van der Waals surface area contributed by atoms with Gasteiger partial charge in [0.15, 0.2) is 11.6 Å². The number of para-hydroxylation sites is 2. The Morgan fingerprint density at radius 3 is 2.76 bits per heavy atom. The molecule has 0 amide bonds. The highest BCUT2D eigenvalue weighted by atomic mass is 19.1. The van der Waals surface area contributed by atoms with Crippen LogP contribution < -0.4 is 4.74 Å². The molecule has 0 unspecified atom stereocenters. The zero-order valence-corrected chi connectivity index (χ0v) is 11.5. The van der Waals surface area contributed by atoms with Crippen molar-refractivity contribution in [3.63, 3.8) is 0 Å². The van der Waals surface area contributed by atoms with E-state index in [9.17, 15) is 9.50 Å². The van der Waals surface area contributed by atoms with Crippen LogP contribution in [0, 0.1) is 5.82 Å². The van der Waals surface area contributed by atoms with Gasteiger partial charge in [0.25, 0.3) is 0 Å². The van der Waals surface area contributed by atoms with Gasteiger partial charge in [-0.2, -0.15) is 0 Å². The van der Waals surface area contributed by atoms with Crippen molar-refractivity contribution in [2.75, 3.05) is 0 Å². The van der Waals surface area contributed by atoms with Gasteiger partial charge in [0.05, 0.1) is 17.8 Å². The molecule has 2 aromatic carbocycles. The van der Waals surface area contributed by atoms with Gasteiger partial charge in [-0.15, -0.1) is 0 Å². The number of hydrogen-bond donors (Lipinski definition) is 1. The number of hydrogen-bond acceptors (Lipinski definition) is 3. The van der Waals surface area contributed by atoms with Crippen LogP contribution in [0.15, 0.2) is 54.7 Å². The van der Waals surface area contributed by atoms with Crippen molar-refractivity contribution in [3.05, 3.63) is 66.1 Å². The number of aromatic nitrogens is 1. The van der Waals surface area contributed by atoms with Crippen LogP contribution in [0.3, 0.4) is 0 Å². The van der Waals surface area contributed by atoms with Gasteiger partial charge in [-0.25, -0.2) is 4.39 Å². The summed E-state index contributed by atoms with van der Waals surface area (Å²) in [6.45, 7) is 1.57. The second kappa shape index (κ2) is 5.50. The normalized spacial score (nSPS) is 12.3. The number of halogens is 1. The standard InChI is InChI=1S/C17H14FNO2/c1-11(20)14-6-4-7-15(18)17(14)21-13-9-12-5-2-3-8-16(12)19-10-13/h2-11,20H,1H3/t11-/m0/s1. The van der Waals surface area contributed by atoms with Crippen LogP contribution >= 0.6 is 0 Å². The molecule has 0 radical (unpaired) electrons. The number of pyridine rings is 1. The van der Waals surface area contributed by atoms with Crippen molar-refractivity contribution in [3.8, 4) is 11.5 Å². The summed E-state index contributed by atoms with van der Waals surface area (Å²) in [6.07, 6.45) is 0.727. The molecule has 106 valence electrons. The Morgan fingerprint density at radius 1 is 1.14 bits per heavy atom. The summed E-state index contributed by atoms with van der Waals surface area (Å²) in [5, 5.41) is 10.6. The Morgan fingerprint density at radius 2 is 1.95 bits per heavy atom. The molecule has 0 saturated carbocycles. The van der Waals surface area contributed by atoms with Crippen molar-refractivity contribution in [2.45, 2.75) is 13.0 Å². The summed E-state index contributed by atoms with van der Waals surface area (Å²) in [6, 6.07) is 13.9. The topological polar surface area (TPSA) is 42.4 Å². The van der Waals surface area contributed by atoms with Crippen LogP contribution in [0.4, 0.5) is 4.39 Å². The van der Waals surface area contributed by atoms with Crippen LogP contribution in [0.1, 0.15) is 18.6 Å². The predicted molar refractivity (Wildman–Crippen MR) is 78.9 cm³/mol. The van der Waals surface area contributed by atoms with Crippen molar-refractivity contribution in [1.82, 2.24) is 4.98 Å². The van der Waals surface area contributed by atoms with E-state index in [-0.39, 0.29) is 5.75 Å². The number of ether oxygens (including phenoxy) is 1. The van der Waals surface area contributed by atoms with E-state index in [4.69, 9.17) is 4.74 Å². The van der Waals surface area contributed by atoms with Crippen LogP contribution in [0.5, 0.6) is 11.5 Å². The lowest BCUT2D eigenvalue weighted by atomic mass is 10.1. The van der Waals surface area contributed by atoms with Crippen LogP contribution in [0.25, 0.3) is 10.9 Å². The highest BCUT2D eigenvalue weighted by molar-refractivity contribution is 5.79. The fraction of sp³-hybridized carbons (Fsp3) is 0.118. The quantitative estimate of drug-likeness (QED) is 0.782. The third-order valence-corrected chi connectivity index (χ3v) is 3.23. The van der Waals surface area contributed by atoms with Crippen LogP contribution in [-0.2, 0) is 0 Å². The largest absolute Gasteiger partial charge is 0.452 e. The summed E-state index contributed by atoms with van der Waals surface area (Å²) < 4.78 is 19.6. The van der Waals surface area contributed by atoms with Gasteiger partial charge in [0.2, 0.25) is 0 Å². The lowest BCUT2D eigenvalue weighted by Gasteiger charge is -2.14. The average Bonchev–Trinajstić information content (AvgIpc) is 2.49. The third kappa shape index (κ3) is 2.71. The fourth-order valence-electron chi connectivity index (χ4n) is 2.19. The molecular weight excluding hydrogens is 269 g/mol. The maximum atomic E-state index is 14.0. The highest BCUT2D eigenvalue weighted by Gasteiger charge is 2.15. The lowest BCUT2D eigenvalue weighted by Crippen LogP contribution is -1.99. The maximum absolute atomic E-state index is 14.0. The van der Waals surface area contributed by atoms with E-state index in [1.165, 1.54) is 6.07 Å². The third-order valence-electron chi connectivity index (χ3n) is 3.23. The first-order valence-corrected chi connectivity index (χ1v) is 6.64. The first kappa shape index (κ1) is 13.5. The minimum Gasteiger partial charge on any atom is -0.452 e. The molecular formula is C17H14FNO2. The van der Waals surface area contributed by atoms with Crippen LogP contribution in [-0.4, -0.2) is 10.1 Å². The fourth-order valence-corrected chi connectivity index (χ4v) is 2.19. The van der Waals surface area contributed by atoms with E-state index in [1.54, 1.807) is 31.3 Å². The van der Waals surface area contributed by atoms with Gasteiger partial charge < -0.3 is 9.84 Å². The van der Waals surface area contributed by atoms with E-state index >= 15 is 0 Å². The molecule has 0 saturated heterocycles. The minimum absolute atomic E-state index is 0.0320. The molecule has 0 aliphatic rings. The zero-order valence-electron chi connectivity index (χ0n) is 11.5. The molecule has 1 atom stereocenters. The minimum atomic E-state index is -0.816. The number of nitrogens with zero attached hydrogens (tertiary/aromatic N) is 1. The number of fused-ring (bicyclic) bond motifs is 1. The van der Waals surface area contributed by atoms with Crippen molar-refractivity contribution >= 4 is 10.9 Å².